The number of carbonyl (C=O) groups is 2. The molecule has 0 N–H and O–H groups in total. The van der Waals surface area contributed by atoms with Crippen LogP contribution in [0.15, 0.2) is 0 Å². The van der Waals surface area contributed by atoms with Gasteiger partial charge in [0.1, 0.15) is 5.60 Å². The molecule has 0 aliphatic heterocycles. The van der Waals surface area contributed by atoms with Crippen molar-refractivity contribution in [1.82, 2.24) is 0 Å². The van der Waals surface area contributed by atoms with Crippen LogP contribution < -0.4 is 0 Å². The number of hydrogen-bond acceptors (Lipinski definition) is 4. The molecule has 0 aliphatic carbocycles. The van der Waals surface area contributed by atoms with Gasteiger partial charge in [-0.15, -0.1) is 0 Å². The van der Waals surface area contributed by atoms with Crippen molar-refractivity contribution in [3.63, 3.8) is 0 Å². The Morgan fingerprint density at radius 1 is 1.27 bits per heavy atom. The highest BCUT2D eigenvalue weighted by molar-refractivity contribution is 5.79. The van der Waals surface area contributed by atoms with Gasteiger partial charge in [-0.05, 0) is 27.2 Å². The number of hydrogen-bond donors (Lipinski definition) is 0. The van der Waals surface area contributed by atoms with E-state index in [1.165, 1.54) is 7.11 Å². The summed E-state index contributed by atoms with van der Waals surface area (Å²) in [4.78, 5) is 22.6. The van der Waals surface area contributed by atoms with Crippen LogP contribution in [0.3, 0.4) is 0 Å². The van der Waals surface area contributed by atoms with Crippen LogP contribution >= 0.6 is 0 Å². The Hall–Kier alpha value is -1.06. The van der Waals surface area contributed by atoms with Gasteiger partial charge in [0.15, 0.2) is 0 Å². The Bertz CT molecular complexity index is 227. The van der Waals surface area contributed by atoms with E-state index in [4.69, 9.17) is 4.74 Å². The molecule has 4 nitrogen and oxygen atoms in total. The number of rotatable bonds is 4. The molecule has 0 aliphatic rings. The van der Waals surface area contributed by atoms with Gasteiger partial charge in [-0.25, -0.2) is 0 Å². The second-order valence-electron chi connectivity index (χ2n) is 4.42. The average Bonchev–Trinajstić information content (AvgIpc) is 2.10. The van der Waals surface area contributed by atoms with Crippen molar-refractivity contribution in [3.8, 4) is 0 Å². The van der Waals surface area contributed by atoms with Crippen molar-refractivity contribution >= 4 is 11.9 Å². The van der Waals surface area contributed by atoms with E-state index < -0.39 is 11.5 Å². The molecule has 4 heteroatoms. The lowest BCUT2D eigenvalue weighted by Gasteiger charge is -2.21. The van der Waals surface area contributed by atoms with Gasteiger partial charge in [0.05, 0.1) is 19.4 Å². The van der Waals surface area contributed by atoms with E-state index in [2.05, 4.69) is 4.74 Å². The number of methoxy groups -OCH3 is 1. The Morgan fingerprint density at radius 2 is 1.80 bits per heavy atom. The fourth-order valence-corrected chi connectivity index (χ4v) is 1.15. The van der Waals surface area contributed by atoms with Crippen LogP contribution in [0, 0.1) is 5.92 Å². The molecular weight excluding hydrogens is 196 g/mol. The molecule has 0 bridgehead atoms. The zero-order valence-corrected chi connectivity index (χ0v) is 10.1. The smallest absolute Gasteiger partial charge is 0.309 e. The molecule has 0 aromatic heterocycles. The molecule has 0 fully saturated rings. The Balaban J connectivity index is 4.20. The van der Waals surface area contributed by atoms with E-state index in [0.29, 0.717) is 6.42 Å². The van der Waals surface area contributed by atoms with Crippen LogP contribution in [0.5, 0.6) is 0 Å². The normalized spacial score (nSPS) is 13.1. The summed E-state index contributed by atoms with van der Waals surface area (Å²) in [5, 5.41) is 0. The van der Waals surface area contributed by atoms with Crippen LogP contribution in [0.1, 0.15) is 40.5 Å². The number of esters is 2. The zero-order valence-electron chi connectivity index (χ0n) is 10.1. The Kier molecular flexibility index (Phi) is 5.33. The predicted molar refractivity (Wildman–Crippen MR) is 56.3 cm³/mol. The van der Waals surface area contributed by atoms with Gasteiger partial charge in [-0.1, -0.05) is 6.92 Å². The van der Waals surface area contributed by atoms with Crippen LogP contribution in [-0.2, 0) is 19.1 Å². The fourth-order valence-electron chi connectivity index (χ4n) is 1.15. The second kappa shape index (κ2) is 5.73. The first kappa shape index (κ1) is 13.9. The topological polar surface area (TPSA) is 52.6 Å². The average molecular weight is 216 g/mol. The first-order valence-electron chi connectivity index (χ1n) is 5.09. The monoisotopic (exact) mass is 216 g/mol. The van der Waals surface area contributed by atoms with Crippen molar-refractivity contribution in [2.24, 2.45) is 5.92 Å². The first-order chi connectivity index (χ1) is 6.80. The molecular formula is C11H20O4. The Labute approximate surface area is 90.9 Å². The highest BCUT2D eigenvalue weighted by Crippen LogP contribution is 2.15. The summed E-state index contributed by atoms with van der Waals surface area (Å²) in [6.45, 7) is 7.23. The molecule has 0 saturated carbocycles. The first-order valence-corrected chi connectivity index (χ1v) is 5.09. The van der Waals surface area contributed by atoms with Crippen molar-refractivity contribution in [2.45, 2.75) is 46.1 Å². The lowest BCUT2D eigenvalue weighted by molar-refractivity contribution is -0.160. The minimum atomic E-state index is -0.508. The van der Waals surface area contributed by atoms with E-state index in [1.54, 1.807) is 20.8 Å². The molecule has 1 atom stereocenters. The van der Waals surface area contributed by atoms with Gasteiger partial charge >= 0.3 is 11.9 Å². The molecule has 0 saturated heterocycles. The summed E-state index contributed by atoms with van der Waals surface area (Å²) in [5.74, 6) is -1.12. The lowest BCUT2D eigenvalue weighted by Crippen LogP contribution is -2.27. The SMILES string of the molecule is CC[C@H](CC(=O)OC(C)(C)C)C(=O)OC. The molecule has 88 valence electrons. The van der Waals surface area contributed by atoms with Gasteiger partial charge in [0.25, 0.3) is 0 Å². The maximum absolute atomic E-state index is 11.4. The van der Waals surface area contributed by atoms with E-state index in [1.807, 2.05) is 6.92 Å². The third kappa shape index (κ3) is 6.10. The van der Waals surface area contributed by atoms with Crippen LogP contribution in [0.4, 0.5) is 0 Å². The van der Waals surface area contributed by atoms with E-state index >= 15 is 0 Å². The summed E-state index contributed by atoms with van der Waals surface area (Å²) >= 11 is 0. The lowest BCUT2D eigenvalue weighted by atomic mass is 10.0. The zero-order chi connectivity index (χ0) is 12.1. The fraction of sp³-hybridized carbons (Fsp3) is 0.818. The summed E-state index contributed by atoms with van der Waals surface area (Å²) in [5.41, 5.74) is -0.508. The molecule has 0 unspecified atom stereocenters. The Morgan fingerprint density at radius 3 is 2.13 bits per heavy atom. The standard InChI is InChI=1S/C11H20O4/c1-6-8(10(13)14-5)7-9(12)15-11(2,3)4/h8H,6-7H2,1-5H3/t8-/m1/s1. The summed E-state index contributed by atoms with van der Waals surface area (Å²) in [7, 11) is 1.32. The van der Waals surface area contributed by atoms with Gasteiger partial charge < -0.3 is 9.47 Å². The van der Waals surface area contributed by atoms with Gasteiger partial charge in [-0.2, -0.15) is 0 Å². The number of carbonyl (C=O) groups excluding carboxylic acids is 2. The van der Waals surface area contributed by atoms with Crippen LogP contribution in [0.2, 0.25) is 0 Å². The van der Waals surface area contributed by atoms with E-state index in [9.17, 15) is 9.59 Å². The summed E-state index contributed by atoms with van der Waals surface area (Å²) < 4.78 is 9.71. The quantitative estimate of drug-likeness (QED) is 0.674. The largest absolute Gasteiger partial charge is 0.469 e. The molecule has 0 rings (SSSR count). The third-order valence-electron chi connectivity index (χ3n) is 1.86. The second-order valence-corrected chi connectivity index (χ2v) is 4.42. The summed E-state index contributed by atoms with van der Waals surface area (Å²) in [6.07, 6.45) is 0.659. The number of ether oxygens (including phenoxy) is 2. The van der Waals surface area contributed by atoms with Crippen molar-refractivity contribution < 1.29 is 19.1 Å². The van der Waals surface area contributed by atoms with Crippen LogP contribution in [-0.4, -0.2) is 24.6 Å². The van der Waals surface area contributed by atoms with E-state index in [0.717, 1.165) is 0 Å². The van der Waals surface area contributed by atoms with Crippen molar-refractivity contribution in [1.29, 1.82) is 0 Å². The van der Waals surface area contributed by atoms with Gasteiger partial charge in [0, 0.05) is 0 Å². The van der Waals surface area contributed by atoms with Gasteiger partial charge in [-0.3, -0.25) is 9.59 Å². The molecule has 0 aromatic rings. The third-order valence-corrected chi connectivity index (χ3v) is 1.86. The molecule has 0 amide bonds. The minimum Gasteiger partial charge on any atom is -0.469 e. The maximum Gasteiger partial charge on any atom is 0.309 e. The summed E-state index contributed by atoms with van der Waals surface area (Å²) in [6, 6.07) is 0. The molecule has 15 heavy (non-hydrogen) atoms. The van der Waals surface area contributed by atoms with Crippen LogP contribution in [0.25, 0.3) is 0 Å². The predicted octanol–water partition coefficient (Wildman–Crippen LogP) is 1.92. The van der Waals surface area contributed by atoms with Gasteiger partial charge in [0.2, 0.25) is 0 Å². The highest BCUT2D eigenvalue weighted by Gasteiger charge is 2.24. The highest BCUT2D eigenvalue weighted by atomic mass is 16.6. The van der Waals surface area contributed by atoms with Crippen molar-refractivity contribution in [2.75, 3.05) is 7.11 Å². The molecule has 0 radical (unpaired) electrons. The minimum absolute atomic E-state index is 0.0838. The molecule has 0 heterocycles. The van der Waals surface area contributed by atoms with Crippen molar-refractivity contribution in [3.05, 3.63) is 0 Å². The van der Waals surface area contributed by atoms with E-state index in [-0.39, 0.29) is 18.4 Å². The molecule has 0 spiro atoms. The maximum atomic E-state index is 11.4. The molecule has 0 aromatic carbocycles.